The van der Waals surface area contributed by atoms with E-state index in [9.17, 15) is 9.90 Å². The van der Waals surface area contributed by atoms with Crippen LogP contribution in [0.25, 0.3) is 0 Å². The molecule has 1 aromatic heterocycles. The van der Waals surface area contributed by atoms with Crippen LogP contribution in [0.15, 0.2) is 6.20 Å². The number of hydrogen-bond acceptors (Lipinski definition) is 3. The smallest absolute Gasteiger partial charge is 0.339 e. The van der Waals surface area contributed by atoms with Crippen LogP contribution >= 0.6 is 0 Å². The SMILES string of the molecule is CC(C)n1cc(C(=O)O)c(C2CCN(C)C2)n1. The average Bonchev–Trinajstić information content (AvgIpc) is 2.82. The molecule has 2 heterocycles. The first-order valence-corrected chi connectivity index (χ1v) is 6.00. The van der Waals surface area contributed by atoms with Gasteiger partial charge in [-0.15, -0.1) is 0 Å². The molecule has 0 bridgehead atoms. The summed E-state index contributed by atoms with van der Waals surface area (Å²) >= 11 is 0. The summed E-state index contributed by atoms with van der Waals surface area (Å²) in [6.07, 6.45) is 2.65. The highest BCUT2D eigenvalue weighted by molar-refractivity contribution is 5.88. The van der Waals surface area contributed by atoms with E-state index in [0.29, 0.717) is 5.56 Å². The maximum absolute atomic E-state index is 11.2. The zero-order valence-corrected chi connectivity index (χ0v) is 10.6. The molecule has 1 aliphatic rings. The largest absolute Gasteiger partial charge is 0.478 e. The first-order valence-electron chi connectivity index (χ1n) is 6.00. The second-order valence-corrected chi connectivity index (χ2v) is 5.05. The minimum Gasteiger partial charge on any atom is -0.478 e. The standard InChI is InChI=1S/C12H19N3O2/c1-8(2)15-7-10(12(16)17)11(13-15)9-4-5-14(3)6-9/h7-9H,4-6H2,1-3H3,(H,16,17). The third-order valence-electron chi connectivity index (χ3n) is 3.30. The third-order valence-corrected chi connectivity index (χ3v) is 3.30. The van der Waals surface area contributed by atoms with Gasteiger partial charge in [0.25, 0.3) is 0 Å². The van der Waals surface area contributed by atoms with Gasteiger partial charge in [0.15, 0.2) is 0 Å². The summed E-state index contributed by atoms with van der Waals surface area (Å²) in [6.45, 7) is 5.92. The zero-order valence-electron chi connectivity index (χ0n) is 10.6. The van der Waals surface area contributed by atoms with Gasteiger partial charge < -0.3 is 10.0 Å². The van der Waals surface area contributed by atoms with Crippen LogP contribution < -0.4 is 0 Å². The number of aromatic nitrogens is 2. The van der Waals surface area contributed by atoms with Gasteiger partial charge in [-0.25, -0.2) is 4.79 Å². The fraction of sp³-hybridized carbons (Fsp3) is 0.667. The lowest BCUT2D eigenvalue weighted by Crippen LogP contribution is -2.14. The molecule has 0 radical (unpaired) electrons. The maximum Gasteiger partial charge on any atom is 0.339 e. The van der Waals surface area contributed by atoms with Gasteiger partial charge in [-0.2, -0.15) is 5.10 Å². The van der Waals surface area contributed by atoms with E-state index in [0.717, 1.165) is 25.2 Å². The Hall–Kier alpha value is -1.36. The molecule has 94 valence electrons. The molecule has 1 saturated heterocycles. The second-order valence-electron chi connectivity index (χ2n) is 5.05. The number of aromatic carboxylic acids is 1. The molecule has 1 unspecified atom stereocenters. The van der Waals surface area contributed by atoms with Crippen molar-refractivity contribution in [2.45, 2.75) is 32.2 Å². The highest BCUT2D eigenvalue weighted by atomic mass is 16.4. The summed E-state index contributed by atoms with van der Waals surface area (Å²) in [7, 11) is 2.06. The van der Waals surface area contributed by atoms with Crippen molar-refractivity contribution < 1.29 is 9.90 Å². The Balaban J connectivity index is 2.34. The van der Waals surface area contributed by atoms with Crippen LogP contribution in [0.3, 0.4) is 0 Å². The van der Waals surface area contributed by atoms with Crippen LogP contribution in [0, 0.1) is 0 Å². The molecule has 2 rings (SSSR count). The molecule has 0 saturated carbocycles. The number of nitrogens with zero attached hydrogens (tertiary/aromatic N) is 3. The molecule has 17 heavy (non-hydrogen) atoms. The normalized spacial score (nSPS) is 21.3. The van der Waals surface area contributed by atoms with Crippen molar-refractivity contribution in [3.63, 3.8) is 0 Å². The van der Waals surface area contributed by atoms with E-state index < -0.39 is 5.97 Å². The predicted octanol–water partition coefficient (Wildman–Crippen LogP) is 1.58. The summed E-state index contributed by atoms with van der Waals surface area (Å²) in [6, 6.07) is 0.195. The first kappa shape index (κ1) is 12.1. The minimum atomic E-state index is -0.874. The summed E-state index contributed by atoms with van der Waals surface area (Å²) in [5.41, 5.74) is 1.11. The van der Waals surface area contributed by atoms with E-state index in [-0.39, 0.29) is 12.0 Å². The highest BCUT2D eigenvalue weighted by Crippen LogP contribution is 2.28. The fourth-order valence-electron chi connectivity index (χ4n) is 2.29. The van der Waals surface area contributed by atoms with Crippen molar-refractivity contribution in [1.29, 1.82) is 0 Å². The molecule has 1 aromatic rings. The fourth-order valence-corrected chi connectivity index (χ4v) is 2.29. The second kappa shape index (κ2) is 4.49. The van der Waals surface area contributed by atoms with Crippen LogP contribution in [-0.4, -0.2) is 45.9 Å². The van der Waals surface area contributed by atoms with Crippen molar-refractivity contribution in [1.82, 2.24) is 14.7 Å². The van der Waals surface area contributed by atoms with Gasteiger partial charge in [0.05, 0.1) is 5.69 Å². The predicted molar refractivity (Wildman–Crippen MR) is 64.4 cm³/mol. The number of hydrogen-bond donors (Lipinski definition) is 1. The van der Waals surface area contributed by atoms with E-state index in [4.69, 9.17) is 0 Å². The van der Waals surface area contributed by atoms with Crippen LogP contribution in [0.1, 0.15) is 48.3 Å². The van der Waals surface area contributed by atoms with Crippen molar-refractivity contribution in [2.75, 3.05) is 20.1 Å². The minimum absolute atomic E-state index is 0.195. The molecule has 0 amide bonds. The lowest BCUT2D eigenvalue weighted by molar-refractivity contribution is 0.0695. The summed E-state index contributed by atoms with van der Waals surface area (Å²) in [5.74, 6) is -0.618. The molecular weight excluding hydrogens is 218 g/mol. The Morgan fingerprint density at radius 2 is 2.29 bits per heavy atom. The number of likely N-dealkylation sites (tertiary alicyclic amines) is 1. The van der Waals surface area contributed by atoms with Gasteiger partial charge in [0.2, 0.25) is 0 Å². The van der Waals surface area contributed by atoms with Crippen LogP contribution in [0.5, 0.6) is 0 Å². The average molecular weight is 237 g/mol. The molecule has 0 spiro atoms. The maximum atomic E-state index is 11.2. The van der Waals surface area contributed by atoms with Gasteiger partial charge >= 0.3 is 5.97 Å². The van der Waals surface area contributed by atoms with Crippen molar-refractivity contribution in [3.05, 3.63) is 17.5 Å². The van der Waals surface area contributed by atoms with Crippen molar-refractivity contribution in [3.8, 4) is 0 Å². The molecule has 1 fully saturated rings. The molecule has 1 aliphatic heterocycles. The molecule has 5 nitrogen and oxygen atoms in total. The highest BCUT2D eigenvalue weighted by Gasteiger charge is 2.28. The van der Waals surface area contributed by atoms with Crippen LogP contribution in [0.2, 0.25) is 0 Å². The Kier molecular flexibility index (Phi) is 3.19. The first-order chi connectivity index (χ1) is 7.99. The van der Waals surface area contributed by atoms with Crippen molar-refractivity contribution >= 4 is 5.97 Å². The van der Waals surface area contributed by atoms with Crippen molar-refractivity contribution in [2.24, 2.45) is 0 Å². The Morgan fingerprint density at radius 3 is 2.76 bits per heavy atom. The number of likely N-dealkylation sites (N-methyl/N-ethyl adjacent to an activating group) is 1. The van der Waals surface area contributed by atoms with Gasteiger partial charge in [-0.1, -0.05) is 0 Å². The number of carboxylic acid groups (broad SMARTS) is 1. The van der Waals surface area contributed by atoms with E-state index in [2.05, 4.69) is 17.0 Å². The molecule has 1 atom stereocenters. The lowest BCUT2D eigenvalue weighted by Gasteiger charge is -2.09. The Bertz CT molecular complexity index is 425. The Morgan fingerprint density at radius 1 is 1.59 bits per heavy atom. The van der Waals surface area contributed by atoms with E-state index in [1.54, 1.807) is 10.9 Å². The molecule has 0 aliphatic carbocycles. The van der Waals surface area contributed by atoms with E-state index in [1.807, 2.05) is 13.8 Å². The number of carboxylic acids is 1. The van der Waals surface area contributed by atoms with Crippen LogP contribution in [0.4, 0.5) is 0 Å². The van der Waals surface area contributed by atoms with Crippen LogP contribution in [-0.2, 0) is 0 Å². The quantitative estimate of drug-likeness (QED) is 0.867. The van der Waals surface area contributed by atoms with Gasteiger partial charge in [0, 0.05) is 24.7 Å². The Labute approximate surface area is 101 Å². The molecule has 5 heteroatoms. The monoisotopic (exact) mass is 237 g/mol. The van der Waals surface area contributed by atoms with Gasteiger partial charge in [-0.3, -0.25) is 4.68 Å². The topological polar surface area (TPSA) is 58.4 Å². The van der Waals surface area contributed by atoms with E-state index >= 15 is 0 Å². The molecule has 0 aromatic carbocycles. The summed E-state index contributed by atoms with van der Waals surface area (Å²) < 4.78 is 1.75. The lowest BCUT2D eigenvalue weighted by atomic mass is 10.0. The summed E-state index contributed by atoms with van der Waals surface area (Å²) in [4.78, 5) is 13.4. The third kappa shape index (κ3) is 2.34. The van der Waals surface area contributed by atoms with Gasteiger partial charge in [-0.05, 0) is 33.9 Å². The molecular formula is C12H19N3O2. The summed E-state index contributed by atoms with van der Waals surface area (Å²) in [5, 5.41) is 13.7. The number of carbonyl (C=O) groups is 1. The molecule has 1 N–H and O–H groups in total. The van der Waals surface area contributed by atoms with Gasteiger partial charge in [0.1, 0.15) is 5.56 Å². The zero-order chi connectivity index (χ0) is 12.6. The number of rotatable bonds is 3. The van der Waals surface area contributed by atoms with E-state index in [1.165, 1.54) is 0 Å².